The van der Waals surface area contributed by atoms with Gasteiger partial charge < -0.3 is 15.3 Å². The van der Waals surface area contributed by atoms with Crippen molar-refractivity contribution in [1.29, 1.82) is 0 Å². The minimum absolute atomic E-state index is 0.0108. The molecule has 1 aromatic carbocycles. The topological polar surface area (TPSA) is 69.6 Å². The first kappa shape index (κ1) is 15.5. The van der Waals surface area contributed by atoms with Crippen LogP contribution in [0, 0.1) is 5.92 Å². The number of rotatable bonds is 5. The van der Waals surface area contributed by atoms with Gasteiger partial charge in [-0.3, -0.25) is 9.59 Å². The number of carboxylic acids is 1. The highest BCUT2D eigenvalue weighted by molar-refractivity contribution is 5.82. The highest BCUT2D eigenvalue weighted by Gasteiger charge is 2.33. The van der Waals surface area contributed by atoms with Gasteiger partial charge in [0.15, 0.2) is 0 Å². The van der Waals surface area contributed by atoms with Gasteiger partial charge in [-0.25, -0.2) is 0 Å². The average Bonchev–Trinajstić information content (AvgIpc) is 2.50. The van der Waals surface area contributed by atoms with Crippen molar-refractivity contribution in [3.8, 4) is 0 Å². The second-order valence-corrected chi connectivity index (χ2v) is 5.52. The Hall–Kier alpha value is -1.88. The summed E-state index contributed by atoms with van der Waals surface area (Å²) >= 11 is 0. The molecule has 1 aromatic rings. The van der Waals surface area contributed by atoms with Crippen molar-refractivity contribution in [2.75, 3.05) is 19.6 Å². The first-order chi connectivity index (χ1) is 10.0. The second kappa shape index (κ2) is 6.72. The Bertz CT molecular complexity index is 530. The monoisotopic (exact) mass is 290 g/mol. The van der Waals surface area contributed by atoms with Gasteiger partial charge >= 0.3 is 5.97 Å². The van der Waals surface area contributed by atoms with Crippen LogP contribution in [0.1, 0.15) is 30.9 Å². The summed E-state index contributed by atoms with van der Waals surface area (Å²) in [7, 11) is 0. The third-order valence-corrected chi connectivity index (χ3v) is 3.93. The van der Waals surface area contributed by atoms with Crippen LogP contribution in [0.15, 0.2) is 24.3 Å². The molecule has 0 radical (unpaired) electrons. The number of hydrogen-bond donors (Lipinski definition) is 2. The van der Waals surface area contributed by atoms with E-state index < -0.39 is 11.9 Å². The molecule has 1 aliphatic rings. The van der Waals surface area contributed by atoms with Crippen LogP contribution >= 0.6 is 0 Å². The Morgan fingerprint density at radius 1 is 1.43 bits per heavy atom. The number of amides is 1. The fourth-order valence-electron chi connectivity index (χ4n) is 2.75. The molecular formula is C16H22N2O3. The van der Waals surface area contributed by atoms with Crippen LogP contribution in [-0.2, 0) is 16.1 Å². The molecule has 0 saturated carbocycles. The number of benzene rings is 1. The fraction of sp³-hybridized carbons (Fsp3) is 0.500. The molecule has 5 nitrogen and oxygen atoms in total. The lowest BCUT2D eigenvalue weighted by molar-refractivity contribution is -0.142. The highest BCUT2D eigenvalue weighted by atomic mass is 16.4. The van der Waals surface area contributed by atoms with E-state index in [1.807, 2.05) is 38.1 Å². The van der Waals surface area contributed by atoms with Gasteiger partial charge in [0, 0.05) is 25.6 Å². The minimum Gasteiger partial charge on any atom is -0.481 e. The summed E-state index contributed by atoms with van der Waals surface area (Å²) in [5.41, 5.74) is 1.76. The number of fused-ring (bicyclic) bond motifs is 1. The van der Waals surface area contributed by atoms with Gasteiger partial charge in [-0.2, -0.15) is 0 Å². The van der Waals surface area contributed by atoms with Crippen molar-refractivity contribution in [2.24, 2.45) is 5.92 Å². The second-order valence-electron chi connectivity index (χ2n) is 5.52. The standard InChI is InChI=1S/C16H22N2O3/c1-3-17-8-11(2)15(19)18-9-12-6-4-5-7-13(12)14(10-18)16(20)21/h4-7,11,14,17H,3,8-10H2,1-2H3,(H,20,21). The molecule has 1 aliphatic heterocycles. The quantitative estimate of drug-likeness (QED) is 0.861. The summed E-state index contributed by atoms with van der Waals surface area (Å²) in [5.74, 6) is -1.65. The molecular weight excluding hydrogens is 268 g/mol. The van der Waals surface area contributed by atoms with Gasteiger partial charge in [0.1, 0.15) is 0 Å². The normalized spacial score (nSPS) is 19.0. The van der Waals surface area contributed by atoms with Crippen LogP contribution in [0.5, 0.6) is 0 Å². The number of carbonyl (C=O) groups excluding carboxylic acids is 1. The zero-order valence-electron chi connectivity index (χ0n) is 12.5. The number of aliphatic carboxylic acids is 1. The van der Waals surface area contributed by atoms with Crippen molar-refractivity contribution >= 4 is 11.9 Å². The summed E-state index contributed by atoms with van der Waals surface area (Å²) in [4.78, 5) is 25.6. The van der Waals surface area contributed by atoms with E-state index in [0.29, 0.717) is 13.1 Å². The van der Waals surface area contributed by atoms with E-state index in [4.69, 9.17) is 0 Å². The molecule has 2 atom stereocenters. The molecule has 114 valence electrons. The van der Waals surface area contributed by atoms with Gasteiger partial charge in [0.25, 0.3) is 0 Å². The smallest absolute Gasteiger partial charge is 0.312 e. The summed E-state index contributed by atoms with van der Waals surface area (Å²) in [6, 6.07) is 7.48. The van der Waals surface area contributed by atoms with Crippen LogP contribution in [0.2, 0.25) is 0 Å². The van der Waals surface area contributed by atoms with E-state index in [-0.39, 0.29) is 18.4 Å². The number of nitrogens with zero attached hydrogens (tertiary/aromatic N) is 1. The van der Waals surface area contributed by atoms with Crippen LogP contribution in [0.3, 0.4) is 0 Å². The molecule has 5 heteroatoms. The molecule has 0 bridgehead atoms. The molecule has 0 aliphatic carbocycles. The van der Waals surface area contributed by atoms with E-state index in [0.717, 1.165) is 17.7 Å². The molecule has 2 unspecified atom stereocenters. The molecule has 0 spiro atoms. The molecule has 21 heavy (non-hydrogen) atoms. The molecule has 0 aromatic heterocycles. The lowest BCUT2D eigenvalue weighted by Crippen LogP contribution is -2.44. The summed E-state index contributed by atoms with van der Waals surface area (Å²) in [5, 5.41) is 12.6. The number of hydrogen-bond acceptors (Lipinski definition) is 3. The Balaban J connectivity index is 2.17. The van der Waals surface area contributed by atoms with Gasteiger partial charge in [0.2, 0.25) is 5.91 Å². The lowest BCUT2D eigenvalue weighted by Gasteiger charge is -2.34. The largest absolute Gasteiger partial charge is 0.481 e. The van der Waals surface area contributed by atoms with E-state index in [9.17, 15) is 14.7 Å². The van der Waals surface area contributed by atoms with E-state index >= 15 is 0 Å². The van der Waals surface area contributed by atoms with E-state index in [2.05, 4.69) is 5.32 Å². The number of carbonyl (C=O) groups is 2. The van der Waals surface area contributed by atoms with E-state index in [1.165, 1.54) is 0 Å². The van der Waals surface area contributed by atoms with Crippen molar-refractivity contribution < 1.29 is 14.7 Å². The molecule has 2 rings (SSSR count). The number of carboxylic acid groups (broad SMARTS) is 1. The maximum Gasteiger partial charge on any atom is 0.312 e. The zero-order valence-corrected chi connectivity index (χ0v) is 12.5. The summed E-state index contributed by atoms with van der Waals surface area (Å²) < 4.78 is 0. The maximum absolute atomic E-state index is 12.5. The van der Waals surface area contributed by atoms with Crippen molar-refractivity contribution in [2.45, 2.75) is 26.3 Å². The predicted octanol–water partition coefficient (Wildman–Crippen LogP) is 1.44. The third kappa shape index (κ3) is 3.42. The molecule has 0 saturated heterocycles. The molecule has 1 heterocycles. The van der Waals surface area contributed by atoms with Gasteiger partial charge in [-0.1, -0.05) is 38.1 Å². The summed E-state index contributed by atoms with van der Waals surface area (Å²) in [6.07, 6.45) is 0. The Labute approximate surface area is 125 Å². The maximum atomic E-state index is 12.5. The average molecular weight is 290 g/mol. The van der Waals surface area contributed by atoms with Crippen molar-refractivity contribution in [3.05, 3.63) is 35.4 Å². The first-order valence-corrected chi connectivity index (χ1v) is 7.34. The Morgan fingerprint density at radius 2 is 2.14 bits per heavy atom. The highest BCUT2D eigenvalue weighted by Crippen LogP contribution is 2.29. The SMILES string of the molecule is CCNCC(C)C(=O)N1Cc2ccccc2C(C(=O)O)C1. The molecule has 0 fully saturated rings. The van der Waals surface area contributed by atoms with Crippen LogP contribution < -0.4 is 5.32 Å². The van der Waals surface area contributed by atoms with Crippen LogP contribution in [0.4, 0.5) is 0 Å². The zero-order chi connectivity index (χ0) is 15.4. The first-order valence-electron chi connectivity index (χ1n) is 7.34. The molecule has 2 N–H and O–H groups in total. The fourth-order valence-corrected chi connectivity index (χ4v) is 2.75. The molecule has 1 amide bonds. The Kier molecular flexibility index (Phi) is 4.96. The lowest BCUT2D eigenvalue weighted by atomic mass is 9.89. The number of nitrogens with one attached hydrogen (secondary N) is 1. The van der Waals surface area contributed by atoms with Gasteiger partial charge in [-0.15, -0.1) is 0 Å². The minimum atomic E-state index is -0.876. The van der Waals surface area contributed by atoms with Gasteiger partial charge in [0.05, 0.1) is 5.92 Å². The van der Waals surface area contributed by atoms with Crippen molar-refractivity contribution in [1.82, 2.24) is 10.2 Å². The predicted molar refractivity (Wildman–Crippen MR) is 79.9 cm³/mol. The van der Waals surface area contributed by atoms with Crippen molar-refractivity contribution in [3.63, 3.8) is 0 Å². The van der Waals surface area contributed by atoms with Gasteiger partial charge in [-0.05, 0) is 17.7 Å². The Morgan fingerprint density at radius 3 is 2.81 bits per heavy atom. The van der Waals surface area contributed by atoms with Crippen LogP contribution in [0.25, 0.3) is 0 Å². The van der Waals surface area contributed by atoms with E-state index in [1.54, 1.807) is 4.90 Å². The third-order valence-electron chi connectivity index (χ3n) is 3.93. The van der Waals surface area contributed by atoms with Crippen LogP contribution in [-0.4, -0.2) is 41.5 Å². The summed E-state index contributed by atoms with van der Waals surface area (Å²) in [6.45, 7) is 6.05.